The van der Waals surface area contributed by atoms with Crippen LogP contribution in [0.5, 0.6) is 0 Å². The van der Waals surface area contributed by atoms with Gasteiger partial charge in [0.15, 0.2) is 0 Å². The molecule has 1 aliphatic carbocycles. The minimum Gasteiger partial charge on any atom is -0.393 e. The number of aliphatic hydroxyl groups is 1. The Labute approximate surface area is 128 Å². The van der Waals surface area contributed by atoms with Crippen LogP contribution < -0.4 is 10.6 Å². The van der Waals surface area contributed by atoms with Crippen LogP contribution in [0.1, 0.15) is 17.5 Å². The second-order valence-electron chi connectivity index (χ2n) is 5.43. The van der Waals surface area contributed by atoms with Crippen molar-refractivity contribution in [2.75, 3.05) is 10.6 Å². The van der Waals surface area contributed by atoms with Crippen LogP contribution in [0.2, 0.25) is 0 Å². The van der Waals surface area contributed by atoms with E-state index in [4.69, 9.17) is 0 Å². The number of nitrogens with one attached hydrogen (secondary N) is 2. The van der Waals surface area contributed by atoms with Gasteiger partial charge in [0, 0.05) is 17.8 Å². The fraction of sp³-hybridized carbons (Fsp3) is 0.235. The zero-order chi connectivity index (χ0) is 15.5. The summed E-state index contributed by atoms with van der Waals surface area (Å²) in [6.07, 6.45) is 1.74. The molecule has 3 N–H and O–H groups in total. The third-order valence-electron chi connectivity index (χ3n) is 3.81. The number of carbonyl (C=O) groups is 1. The molecule has 0 unspecified atom stereocenters. The molecule has 22 heavy (non-hydrogen) atoms. The molecular formula is C17H17FN2O2. The maximum Gasteiger partial charge on any atom is 0.323 e. The Kier molecular flexibility index (Phi) is 4.06. The Hall–Kier alpha value is -2.40. The molecule has 2 aromatic carbocycles. The van der Waals surface area contributed by atoms with E-state index in [9.17, 15) is 14.3 Å². The second-order valence-corrected chi connectivity index (χ2v) is 5.43. The molecule has 0 heterocycles. The average Bonchev–Trinajstić information content (AvgIpc) is 2.50. The van der Waals surface area contributed by atoms with E-state index in [1.165, 1.54) is 24.3 Å². The van der Waals surface area contributed by atoms with Gasteiger partial charge in [-0.25, -0.2) is 9.18 Å². The highest BCUT2D eigenvalue weighted by Gasteiger charge is 2.19. The summed E-state index contributed by atoms with van der Waals surface area (Å²) < 4.78 is 12.8. The highest BCUT2D eigenvalue weighted by atomic mass is 19.1. The van der Waals surface area contributed by atoms with Crippen molar-refractivity contribution in [2.45, 2.75) is 25.4 Å². The Morgan fingerprint density at radius 1 is 1.14 bits per heavy atom. The number of benzene rings is 2. The van der Waals surface area contributed by atoms with E-state index >= 15 is 0 Å². The molecule has 5 heteroatoms. The normalized spacial score (nSPS) is 16.7. The Balaban J connectivity index is 1.73. The fourth-order valence-corrected chi connectivity index (χ4v) is 2.70. The molecule has 3 rings (SSSR count). The molecular weight excluding hydrogens is 283 g/mol. The van der Waals surface area contributed by atoms with Gasteiger partial charge in [-0.2, -0.15) is 0 Å². The number of aryl methyl sites for hydroxylation is 1. The third-order valence-corrected chi connectivity index (χ3v) is 3.81. The summed E-state index contributed by atoms with van der Waals surface area (Å²) in [4.78, 5) is 12.1. The van der Waals surface area contributed by atoms with Crippen LogP contribution in [-0.4, -0.2) is 17.2 Å². The first-order valence-electron chi connectivity index (χ1n) is 7.24. The van der Waals surface area contributed by atoms with Crippen molar-refractivity contribution in [3.8, 4) is 0 Å². The lowest BCUT2D eigenvalue weighted by molar-refractivity contribution is 0.159. The predicted octanol–water partition coefficient (Wildman–Crippen LogP) is 3.32. The maximum absolute atomic E-state index is 12.8. The number of amides is 2. The lowest BCUT2D eigenvalue weighted by Gasteiger charge is -2.23. The molecule has 0 fully saturated rings. The van der Waals surface area contributed by atoms with Crippen molar-refractivity contribution >= 4 is 17.4 Å². The van der Waals surface area contributed by atoms with E-state index in [0.717, 1.165) is 24.0 Å². The molecule has 2 aromatic rings. The van der Waals surface area contributed by atoms with E-state index in [2.05, 4.69) is 10.6 Å². The number of carbonyl (C=O) groups excluding carboxylic acids is 1. The second kappa shape index (κ2) is 6.15. The Morgan fingerprint density at radius 3 is 2.68 bits per heavy atom. The Morgan fingerprint density at radius 2 is 1.91 bits per heavy atom. The van der Waals surface area contributed by atoms with Crippen molar-refractivity contribution in [1.29, 1.82) is 0 Å². The number of aliphatic hydroxyl groups excluding tert-OH is 1. The summed E-state index contributed by atoms with van der Waals surface area (Å²) in [5, 5.41) is 15.3. The summed E-state index contributed by atoms with van der Waals surface area (Å²) in [5.74, 6) is -0.350. The van der Waals surface area contributed by atoms with Gasteiger partial charge in [-0.05, 0) is 54.3 Å². The van der Waals surface area contributed by atoms with Crippen LogP contribution >= 0.6 is 0 Å². The van der Waals surface area contributed by atoms with Crippen LogP contribution in [0.4, 0.5) is 20.6 Å². The minimum absolute atomic E-state index is 0.350. The predicted molar refractivity (Wildman–Crippen MR) is 83.5 cm³/mol. The van der Waals surface area contributed by atoms with E-state index in [1.54, 1.807) is 0 Å². The van der Waals surface area contributed by atoms with Crippen molar-refractivity contribution in [3.63, 3.8) is 0 Å². The van der Waals surface area contributed by atoms with Gasteiger partial charge < -0.3 is 15.7 Å². The fourth-order valence-electron chi connectivity index (χ4n) is 2.70. The topological polar surface area (TPSA) is 61.4 Å². The Bertz CT molecular complexity index is 686. The van der Waals surface area contributed by atoms with Crippen LogP contribution in [0.3, 0.4) is 0 Å². The molecule has 0 radical (unpaired) electrons. The average molecular weight is 300 g/mol. The standard InChI is InChI=1S/C17H17FN2O2/c18-12-5-7-13(8-6-12)19-17(22)20-16-3-1-2-11-4-9-14(21)10-15(11)16/h1-3,5-8,14,21H,4,9-10H2,(H2,19,20,22)/t14-/m1/s1. The molecule has 2 amide bonds. The number of urea groups is 1. The van der Waals surface area contributed by atoms with E-state index in [1.807, 2.05) is 18.2 Å². The molecule has 0 aliphatic heterocycles. The number of hydrogen-bond donors (Lipinski definition) is 3. The molecule has 0 saturated carbocycles. The van der Waals surface area contributed by atoms with E-state index < -0.39 is 0 Å². The van der Waals surface area contributed by atoms with Gasteiger partial charge in [-0.1, -0.05) is 12.1 Å². The maximum atomic E-state index is 12.8. The smallest absolute Gasteiger partial charge is 0.323 e. The molecule has 1 atom stereocenters. The molecule has 1 aliphatic rings. The van der Waals surface area contributed by atoms with Crippen molar-refractivity contribution < 1.29 is 14.3 Å². The van der Waals surface area contributed by atoms with Gasteiger partial charge in [0.1, 0.15) is 5.82 Å². The summed E-state index contributed by atoms with van der Waals surface area (Å²) in [7, 11) is 0. The summed E-state index contributed by atoms with van der Waals surface area (Å²) in [5.41, 5.74) is 3.36. The number of hydrogen-bond acceptors (Lipinski definition) is 2. The van der Waals surface area contributed by atoms with Gasteiger partial charge in [-0.3, -0.25) is 0 Å². The number of halogens is 1. The zero-order valence-corrected chi connectivity index (χ0v) is 12.0. The van der Waals surface area contributed by atoms with Gasteiger partial charge >= 0.3 is 6.03 Å². The third kappa shape index (κ3) is 3.26. The van der Waals surface area contributed by atoms with Gasteiger partial charge in [-0.15, -0.1) is 0 Å². The first-order chi connectivity index (χ1) is 10.6. The molecule has 0 saturated heterocycles. The zero-order valence-electron chi connectivity index (χ0n) is 12.0. The van der Waals surface area contributed by atoms with Gasteiger partial charge in [0.2, 0.25) is 0 Å². The largest absolute Gasteiger partial charge is 0.393 e. The van der Waals surface area contributed by atoms with Crippen LogP contribution in [0, 0.1) is 5.82 Å². The molecule has 114 valence electrons. The van der Waals surface area contributed by atoms with E-state index in [0.29, 0.717) is 17.8 Å². The lowest BCUT2D eigenvalue weighted by atomic mass is 9.88. The highest BCUT2D eigenvalue weighted by molar-refractivity contribution is 6.00. The monoisotopic (exact) mass is 300 g/mol. The van der Waals surface area contributed by atoms with Gasteiger partial charge in [0.25, 0.3) is 0 Å². The minimum atomic E-state index is -0.389. The van der Waals surface area contributed by atoms with Crippen molar-refractivity contribution in [1.82, 2.24) is 0 Å². The van der Waals surface area contributed by atoms with Crippen LogP contribution in [0.15, 0.2) is 42.5 Å². The van der Waals surface area contributed by atoms with Crippen LogP contribution in [-0.2, 0) is 12.8 Å². The molecule has 0 bridgehead atoms. The molecule has 4 nitrogen and oxygen atoms in total. The highest BCUT2D eigenvalue weighted by Crippen LogP contribution is 2.28. The number of anilines is 2. The lowest BCUT2D eigenvalue weighted by Crippen LogP contribution is -2.24. The summed E-state index contributed by atoms with van der Waals surface area (Å²) in [6, 6.07) is 10.9. The molecule has 0 aromatic heterocycles. The van der Waals surface area contributed by atoms with Gasteiger partial charge in [0.05, 0.1) is 6.10 Å². The van der Waals surface area contributed by atoms with Crippen molar-refractivity contribution in [3.05, 3.63) is 59.4 Å². The molecule has 0 spiro atoms. The number of rotatable bonds is 2. The SMILES string of the molecule is O=C(Nc1ccc(F)cc1)Nc1cccc2c1C[C@H](O)CC2. The van der Waals surface area contributed by atoms with Crippen molar-refractivity contribution in [2.24, 2.45) is 0 Å². The quantitative estimate of drug-likeness (QED) is 0.796. The summed E-state index contributed by atoms with van der Waals surface area (Å²) in [6.45, 7) is 0. The van der Waals surface area contributed by atoms with E-state index in [-0.39, 0.29) is 18.0 Å². The first kappa shape index (κ1) is 14.5. The summed E-state index contributed by atoms with van der Waals surface area (Å²) >= 11 is 0. The number of fused-ring (bicyclic) bond motifs is 1. The van der Waals surface area contributed by atoms with Crippen LogP contribution in [0.25, 0.3) is 0 Å². The first-order valence-corrected chi connectivity index (χ1v) is 7.24.